The van der Waals surface area contributed by atoms with Crippen LogP contribution in [-0.2, 0) is 19.5 Å². The molecular formula is C40H52Cl4N6O2Zn. The van der Waals surface area contributed by atoms with Crippen molar-refractivity contribution in [1.82, 2.24) is 19.1 Å². The van der Waals surface area contributed by atoms with Crippen LogP contribution in [-0.4, -0.2) is 62.3 Å². The second-order valence-corrected chi connectivity index (χ2v) is 11.7. The van der Waals surface area contributed by atoms with Crippen LogP contribution in [0.25, 0.3) is 45.1 Å². The fourth-order valence-electron chi connectivity index (χ4n) is 6.35. The van der Waals surface area contributed by atoms with E-state index in [1.54, 1.807) is 0 Å². The predicted molar refractivity (Wildman–Crippen MR) is 201 cm³/mol. The molecule has 0 aromatic heterocycles. The first-order valence-electron chi connectivity index (χ1n) is 17.7. The van der Waals surface area contributed by atoms with E-state index in [9.17, 15) is 0 Å². The van der Waals surface area contributed by atoms with E-state index in [2.05, 4.69) is 123 Å². The standard InChI is InChI=1S/2C20H26N3O.4ClH.Zn/c2*1-5-22(6-2)15-9-11-17-19(13-15)24-20-14-16(23(7-3)8-4)10-12-18(20)21-17;;;;;/h2*9-14H,5-8H2,1-4H3;4*1H;/q2*+1;;;;;+2/p-4. The Balaban J connectivity index is 0.000000932. The summed E-state index contributed by atoms with van der Waals surface area (Å²) >= 11 is 0. The van der Waals surface area contributed by atoms with Gasteiger partial charge in [0.15, 0.2) is 22.7 Å². The summed E-state index contributed by atoms with van der Waals surface area (Å²) in [6, 6.07) is 25.0. The smallest absolute Gasteiger partial charge is 1.00 e. The molecule has 0 fully saturated rings. The van der Waals surface area contributed by atoms with Crippen LogP contribution in [0, 0.1) is 0 Å². The monoisotopic (exact) mass is 852 g/mol. The predicted octanol–water partition coefficient (Wildman–Crippen LogP) is -4.80. The van der Waals surface area contributed by atoms with Gasteiger partial charge in [-0.1, -0.05) is 0 Å². The van der Waals surface area contributed by atoms with E-state index < -0.39 is 0 Å². The molecule has 0 radical (unpaired) electrons. The third-order valence-corrected chi connectivity index (χ3v) is 9.21. The number of hydrogen-bond acceptors (Lipinski definition) is 6. The fourth-order valence-corrected chi connectivity index (χ4v) is 6.35. The van der Waals surface area contributed by atoms with Crippen LogP contribution >= 0.6 is 0 Å². The molecule has 0 saturated carbocycles. The van der Waals surface area contributed by atoms with Gasteiger partial charge in [-0.15, -0.1) is 0 Å². The van der Waals surface area contributed by atoms with Crippen molar-refractivity contribution in [2.75, 3.05) is 62.2 Å². The quantitative estimate of drug-likeness (QED) is 0.0785. The number of nitrogens with zero attached hydrogens (tertiary/aromatic N) is 6. The van der Waals surface area contributed by atoms with Crippen LogP contribution < -0.4 is 79.3 Å². The second kappa shape index (κ2) is 23.8. The molecule has 0 bridgehead atoms. The van der Waals surface area contributed by atoms with Crippen molar-refractivity contribution in [3.05, 3.63) is 83.5 Å². The molecule has 6 rings (SSSR count). The number of fused-ring (bicyclic) bond motifs is 4. The van der Waals surface area contributed by atoms with Gasteiger partial charge >= 0.3 is 19.5 Å². The van der Waals surface area contributed by atoms with Gasteiger partial charge in [0.05, 0.1) is 12.1 Å². The molecule has 2 aromatic carbocycles. The fraction of sp³-hybridized carbons (Fsp3) is 0.400. The Bertz CT molecular complexity index is 1920. The minimum Gasteiger partial charge on any atom is -1.00 e. The molecule has 0 amide bonds. The molecule has 2 aromatic rings. The maximum atomic E-state index is 6.19. The van der Waals surface area contributed by atoms with E-state index in [1.165, 1.54) is 22.1 Å². The Morgan fingerprint density at radius 3 is 1.11 bits per heavy atom. The average Bonchev–Trinajstić information content (AvgIpc) is 3.12. The number of rotatable bonds is 10. The molecular weight excluding hydrogens is 804 g/mol. The minimum absolute atomic E-state index is 0. The van der Waals surface area contributed by atoms with Crippen molar-refractivity contribution in [1.29, 1.82) is 0 Å². The maximum absolute atomic E-state index is 6.19. The molecule has 284 valence electrons. The first-order valence-corrected chi connectivity index (χ1v) is 17.7. The second-order valence-electron chi connectivity index (χ2n) is 11.7. The van der Waals surface area contributed by atoms with Gasteiger partial charge in [0.2, 0.25) is 10.7 Å². The van der Waals surface area contributed by atoms with Crippen molar-refractivity contribution in [3.63, 3.8) is 0 Å². The molecule has 53 heavy (non-hydrogen) atoms. The first kappa shape index (κ1) is 50.1. The molecule has 2 aliphatic carbocycles. The topological polar surface area (TPSA) is 64.6 Å². The minimum atomic E-state index is 0. The third kappa shape index (κ3) is 11.5. The van der Waals surface area contributed by atoms with E-state index in [0.29, 0.717) is 0 Å². The van der Waals surface area contributed by atoms with E-state index >= 15 is 0 Å². The number of aromatic nitrogens is 2. The third-order valence-electron chi connectivity index (χ3n) is 9.21. The Hall–Kier alpha value is -2.94. The maximum Gasteiger partial charge on any atom is 2.00 e. The number of hydrogen-bond donors (Lipinski definition) is 0. The largest absolute Gasteiger partial charge is 2.00 e. The van der Waals surface area contributed by atoms with Gasteiger partial charge in [-0.05, 0) is 91.8 Å². The zero-order valence-electron chi connectivity index (χ0n) is 32.3. The zero-order chi connectivity index (χ0) is 34.2. The summed E-state index contributed by atoms with van der Waals surface area (Å²) < 4.78 is 17.0. The summed E-state index contributed by atoms with van der Waals surface area (Å²) in [5.74, 6) is 1.67. The molecule has 0 spiro atoms. The van der Waals surface area contributed by atoms with E-state index in [-0.39, 0.29) is 69.1 Å². The van der Waals surface area contributed by atoms with Crippen LogP contribution in [0.5, 0.6) is 0 Å². The Morgan fingerprint density at radius 2 is 0.811 bits per heavy atom. The van der Waals surface area contributed by atoms with Gasteiger partial charge in [-0.2, -0.15) is 0 Å². The van der Waals surface area contributed by atoms with Crippen molar-refractivity contribution >= 4 is 33.6 Å². The van der Waals surface area contributed by atoms with Gasteiger partial charge in [0.1, 0.15) is 48.6 Å². The number of benzene rings is 4. The van der Waals surface area contributed by atoms with Crippen LogP contribution in [0.1, 0.15) is 55.4 Å². The van der Waals surface area contributed by atoms with Crippen LogP contribution in [0.4, 0.5) is 11.4 Å². The summed E-state index contributed by atoms with van der Waals surface area (Å²) in [5.41, 5.74) is 7.62. The van der Waals surface area contributed by atoms with Crippen LogP contribution in [0.15, 0.2) is 81.6 Å². The van der Waals surface area contributed by atoms with E-state index in [1.807, 2.05) is 24.3 Å². The van der Waals surface area contributed by atoms with Gasteiger partial charge in [-0.3, -0.25) is 0 Å². The summed E-state index contributed by atoms with van der Waals surface area (Å²) in [5, 5.41) is 2.36. The Kier molecular flexibility index (Phi) is 22.4. The van der Waals surface area contributed by atoms with Crippen molar-refractivity contribution in [3.8, 4) is 22.9 Å². The van der Waals surface area contributed by atoms with E-state index in [0.717, 1.165) is 97.5 Å². The SMILES string of the molecule is CCN(CC)c1ccc2nc3ccc(=[N+](CC)CC)cc-3oc2c1.CCN(CC)c1ccc2nc3ccc(=[N+](CC)CC)cc-3oc2c1.[Cl-].[Cl-].[Cl-].[Cl-].[Zn+2]. The first-order chi connectivity index (χ1) is 23.4. The molecule has 0 unspecified atom stereocenters. The van der Waals surface area contributed by atoms with Gasteiger partial charge in [-0.25, -0.2) is 19.1 Å². The number of anilines is 2. The summed E-state index contributed by atoms with van der Waals surface area (Å²) in [4.78, 5) is 14.1. The van der Waals surface area contributed by atoms with Gasteiger partial charge < -0.3 is 68.3 Å². The molecule has 0 saturated heterocycles. The zero-order valence-corrected chi connectivity index (χ0v) is 38.3. The molecule has 2 aliphatic heterocycles. The number of halogens is 4. The summed E-state index contributed by atoms with van der Waals surface area (Å²) in [6.45, 7) is 25.2. The van der Waals surface area contributed by atoms with E-state index in [4.69, 9.17) is 18.8 Å². The van der Waals surface area contributed by atoms with Crippen molar-refractivity contribution in [2.45, 2.75) is 55.4 Å². The molecule has 0 atom stereocenters. The summed E-state index contributed by atoms with van der Waals surface area (Å²) in [6.07, 6.45) is 0. The van der Waals surface area contributed by atoms with Crippen molar-refractivity contribution < 1.29 is 77.9 Å². The van der Waals surface area contributed by atoms with Gasteiger partial charge in [0, 0.05) is 61.8 Å². The molecule has 2 heterocycles. The normalized spacial score (nSPS) is 10.1. The Labute approximate surface area is 352 Å². The van der Waals surface area contributed by atoms with Crippen LogP contribution in [0.2, 0.25) is 0 Å². The van der Waals surface area contributed by atoms with Gasteiger partial charge in [0.25, 0.3) is 0 Å². The van der Waals surface area contributed by atoms with Crippen molar-refractivity contribution in [2.24, 2.45) is 0 Å². The molecule has 8 nitrogen and oxygen atoms in total. The molecule has 13 heteroatoms. The van der Waals surface area contributed by atoms with Crippen LogP contribution in [0.3, 0.4) is 0 Å². The average molecular weight is 856 g/mol. The molecule has 4 aliphatic rings. The summed E-state index contributed by atoms with van der Waals surface area (Å²) in [7, 11) is 0. The molecule has 0 N–H and O–H groups in total. The Morgan fingerprint density at radius 1 is 0.472 bits per heavy atom.